The number of carbonyl (C=O) groups is 1. The van der Waals surface area contributed by atoms with Crippen molar-refractivity contribution in [1.29, 1.82) is 0 Å². The van der Waals surface area contributed by atoms with E-state index in [1.165, 1.54) is 0 Å². The highest BCUT2D eigenvalue weighted by Crippen LogP contribution is 2.32. The van der Waals surface area contributed by atoms with Gasteiger partial charge < -0.3 is 5.11 Å². The maximum absolute atomic E-state index is 11.3. The minimum Gasteiger partial charge on any atom is -0.478 e. The maximum Gasteiger partial charge on any atom is 0.335 e. The first-order chi connectivity index (χ1) is 12.7. The first-order valence-corrected chi connectivity index (χ1v) is 8.11. The van der Waals surface area contributed by atoms with Crippen molar-refractivity contribution in [3.05, 3.63) is 90.9 Å². The van der Waals surface area contributed by atoms with E-state index in [2.05, 4.69) is 4.98 Å². The number of nitrogens with zero attached hydrogens (tertiary/aromatic N) is 3. The van der Waals surface area contributed by atoms with Crippen LogP contribution >= 0.6 is 0 Å². The molecule has 2 aromatic carbocycles. The molecule has 4 rings (SSSR count). The Morgan fingerprint density at radius 2 is 1.65 bits per heavy atom. The molecule has 0 spiro atoms. The SMILES string of the molecule is O=C(O)c1cccc(-c2cn(-c3ccccc3)nc2-c2ccncc2)c1. The zero-order valence-corrected chi connectivity index (χ0v) is 13.8. The minimum absolute atomic E-state index is 0.246. The molecule has 126 valence electrons. The average Bonchev–Trinajstić information content (AvgIpc) is 3.15. The summed E-state index contributed by atoms with van der Waals surface area (Å²) in [4.78, 5) is 15.4. The van der Waals surface area contributed by atoms with Crippen molar-refractivity contribution in [3.8, 4) is 28.1 Å². The molecular formula is C21H15N3O2. The van der Waals surface area contributed by atoms with E-state index in [9.17, 15) is 9.90 Å². The summed E-state index contributed by atoms with van der Waals surface area (Å²) < 4.78 is 1.80. The fourth-order valence-electron chi connectivity index (χ4n) is 2.84. The molecule has 26 heavy (non-hydrogen) atoms. The van der Waals surface area contributed by atoms with Gasteiger partial charge in [0.15, 0.2) is 0 Å². The van der Waals surface area contributed by atoms with Crippen molar-refractivity contribution in [3.63, 3.8) is 0 Å². The summed E-state index contributed by atoms with van der Waals surface area (Å²) in [6.07, 6.45) is 5.36. The predicted molar refractivity (Wildman–Crippen MR) is 99.2 cm³/mol. The van der Waals surface area contributed by atoms with Gasteiger partial charge in [0, 0.05) is 29.7 Å². The van der Waals surface area contributed by atoms with Crippen LogP contribution in [0.3, 0.4) is 0 Å². The van der Waals surface area contributed by atoms with Crippen LogP contribution in [0, 0.1) is 0 Å². The lowest BCUT2D eigenvalue weighted by Gasteiger charge is -2.03. The van der Waals surface area contributed by atoms with Crippen molar-refractivity contribution in [2.75, 3.05) is 0 Å². The van der Waals surface area contributed by atoms with Crippen LogP contribution in [0.15, 0.2) is 85.3 Å². The lowest BCUT2D eigenvalue weighted by molar-refractivity contribution is 0.0697. The summed E-state index contributed by atoms with van der Waals surface area (Å²) in [5, 5.41) is 14.0. The molecule has 0 fully saturated rings. The molecule has 0 amide bonds. The Morgan fingerprint density at radius 3 is 2.38 bits per heavy atom. The van der Waals surface area contributed by atoms with Crippen LogP contribution in [0.25, 0.3) is 28.1 Å². The largest absolute Gasteiger partial charge is 0.478 e. The summed E-state index contributed by atoms with van der Waals surface area (Å²) in [6, 6.07) is 20.5. The number of pyridine rings is 1. The molecule has 1 N–H and O–H groups in total. The molecule has 0 atom stereocenters. The lowest BCUT2D eigenvalue weighted by atomic mass is 10.0. The normalized spacial score (nSPS) is 10.6. The Balaban J connectivity index is 1.91. The second-order valence-electron chi connectivity index (χ2n) is 5.79. The molecule has 0 unspecified atom stereocenters. The molecule has 0 radical (unpaired) electrons. The Hall–Kier alpha value is -3.73. The molecule has 5 nitrogen and oxygen atoms in total. The average molecular weight is 341 g/mol. The lowest BCUT2D eigenvalue weighted by Crippen LogP contribution is -1.95. The van der Waals surface area contributed by atoms with E-state index in [0.29, 0.717) is 0 Å². The predicted octanol–water partition coefficient (Wildman–Crippen LogP) is 4.30. The van der Waals surface area contributed by atoms with Crippen molar-refractivity contribution >= 4 is 5.97 Å². The molecule has 0 bridgehead atoms. The van der Waals surface area contributed by atoms with E-state index in [-0.39, 0.29) is 5.56 Å². The van der Waals surface area contributed by atoms with Crippen molar-refractivity contribution < 1.29 is 9.90 Å². The van der Waals surface area contributed by atoms with E-state index in [1.807, 2.05) is 54.7 Å². The van der Waals surface area contributed by atoms with Crippen LogP contribution < -0.4 is 0 Å². The number of rotatable bonds is 4. The number of aromatic carboxylic acids is 1. The van der Waals surface area contributed by atoms with E-state index in [0.717, 1.165) is 28.1 Å². The third kappa shape index (κ3) is 2.98. The van der Waals surface area contributed by atoms with E-state index in [4.69, 9.17) is 5.10 Å². The highest BCUT2D eigenvalue weighted by Gasteiger charge is 2.15. The molecule has 2 aromatic heterocycles. The minimum atomic E-state index is -0.951. The van der Waals surface area contributed by atoms with Gasteiger partial charge in [-0.25, -0.2) is 9.48 Å². The summed E-state index contributed by atoms with van der Waals surface area (Å²) in [5.41, 5.74) is 4.55. The van der Waals surface area contributed by atoms with Crippen LogP contribution in [0.2, 0.25) is 0 Å². The van der Waals surface area contributed by atoms with Crippen LogP contribution in [0.5, 0.6) is 0 Å². The van der Waals surface area contributed by atoms with Crippen LogP contribution in [0.1, 0.15) is 10.4 Å². The zero-order valence-electron chi connectivity index (χ0n) is 13.8. The van der Waals surface area contributed by atoms with Gasteiger partial charge in [-0.1, -0.05) is 30.3 Å². The van der Waals surface area contributed by atoms with Gasteiger partial charge in [0.25, 0.3) is 0 Å². The third-order valence-electron chi connectivity index (χ3n) is 4.11. The van der Waals surface area contributed by atoms with E-state index in [1.54, 1.807) is 35.3 Å². The number of hydrogen-bond acceptors (Lipinski definition) is 3. The molecule has 0 aliphatic heterocycles. The monoisotopic (exact) mass is 341 g/mol. The molecule has 5 heteroatoms. The van der Waals surface area contributed by atoms with Gasteiger partial charge in [-0.05, 0) is 42.0 Å². The smallest absolute Gasteiger partial charge is 0.335 e. The van der Waals surface area contributed by atoms with Gasteiger partial charge in [0.1, 0.15) is 5.69 Å². The van der Waals surface area contributed by atoms with E-state index >= 15 is 0 Å². The summed E-state index contributed by atoms with van der Waals surface area (Å²) >= 11 is 0. The Kier molecular flexibility index (Phi) is 4.03. The number of hydrogen-bond donors (Lipinski definition) is 1. The number of carboxylic acids is 1. The fourth-order valence-corrected chi connectivity index (χ4v) is 2.84. The van der Waals surface area contributed by atoms with Gasteiger partial charge in [0.2, 0.25) is 0 Å². The Bertz CT molecular complexity index is 1060. The molecular weight excluding hydrogens is 326 g/mol. The van der Waals surface area contributed by atoms with Gasteiger partial charge in [-0.15, -0.1) is 0 Å². The first kappa shape index (κ1) is 15.8. The molecule has 0 saturated carbocycles. The molecule has 2 heterocycles. The Morgan fingerprint density at radius 1 is 0.885 bits per heavy atom. The first-order valence-electron chi connectivity index (χ1n) is 8.11. The molecule has 0 saturated heterocycles. The van der Waals surface area contributed by atoms with Crippen molar-refractivity contribution in [2.45, 2.75) is 0 Å². The number of carboxylic acid groups (broad SMARTS) is 1. The maximum atomic E-state index is 11.3. The fraction of sp³-hybridized carbons (Fsp3) is 0. The van der Waals surface area contributed by atoms with Crippen molar-refractivity contribution in [2.24, 2.45) is 0 Å². The number of para-hydroxylation sites is 1. The summed E-state index contributed by atoms with van der Waals surface area (Å²) in [6.45, 7) is 0. The second-order valence-corrected chi connectivity index (χ2v) is 5.79. The van der Waals surface area contributed by atoms with Gasteiger partial charge in [-0.2, -0.15) is 5.10 Å². The van der Waals surface area contributed by atoms with E-state index < -0.39 is 5.97 Å². The van der Waals surface area contributed by atoms with Crippen molar-refractivity contribution in [1.82, 2.24) is 14.8 Å². The summed E-state index contributed by atoms with van der Waals surface area (Å²) in [7, 11) is 0. The molecule has 4 aromatic rings. The molecule has 0 aliphatic carbocycles. The number of benzene rings is 2. The third-order valence-corrected chi connectivity index (χ3v) is 4.11. The highest BCUT2D eigenvalue weighted by atomic mass is 16.4. The Labute approximate surface area is 150 Å². The van der Waals surface area contributed by atoms with Gasteiger partial charge in [0.05, 0.1) is 11.3 Å². The second kappa shape index (κ2) is 6.64. The zero-order chi connectivity index (χ0) is 17.9. The van der Waals surface area contributed by atoms with Gasteiger partial charge >= 0.3 is 5.97 Å². The molecule has 0 aliphatic rings. The van der Waals surface area contributed by atoms with Gasteiger partial charge in [-0.3, -0.25) is 4.98 Å². The number of aromatic nitrogens is 3. The quantitative estimate of drug-likeness (QED) is 0.601. The van der Waals surface area contributed by atoms with Crippen LogP contribution in [0.4, 0.5) is 0 Å². The highest BCUT2D eigenvalue weighted by molar-refractivity contribution is 5.90. The van der Waals surface area contributed by atoms with Crippen LogP contribution in [-0.4, -0.2) is 25.8 Å². The summed E-state index contributed by atoms with van der Waals surface area (Å²) in [5.74, 6) is -0.951. The topological polar surface area (TPSA) is 68.0 Å². The van der Waals surface area contributed by atoms with Crippen LogP contribution in [-0.2, 0) is 0 Å². The standard InChI is InChI=1S/C21H15N3O2/c25-21(26)17-6-4-5-16(13-17)19-14-24(18-7-2-1-3-8-18)23-20(19)15-9-11-22-12-10-15/h1-14H,(H,25,26).